The lowest BCUT2D eigenvalue weighted by Crippen LogP contribution is -2.47. The molecule has 0 radical (unpaired) electrons. The van der Waals surface area contributed by atoms with E-state index in [-0.39, 0.29) is 12.1 Å². The van der Waals surface area contributed by atoms with Crippen LogP contribution in [-0.4, -0.2) is 34.2 Å². The van der Waals surface area contributed by atoms with Crippen LogP contribution >= 0.6 is 11.3 Å². The van der Waals surface area contributed by atoms with Gasteiger partial charge in [-0.1, -0.05) is 0 Å². The van der Waals surface area contributed by atoms with Crippen molar-refractivity contribution in [2.45, 2.75) is 43.4 Å². The fourth-order valence-electron chi connectivity index (χ4n) is 2.17. The Balaban J connectivity index is 1.97. The molecule has 0 aliphatic heterocycles. The molecule has 1 aromatic heterocycles. The van der Waals surface area contributed by atoms with Gasteiger partial charge in [0.1, 0.15) is 0 Å². The summed E-state index contributed by atoms with van der Waals surface area (Å²) in [5.41, 5.74) is 0. The topological polar surface area (TPSA) is 67.4 Å². The zero-order chi connectivity index (χ0) is 13.9. The second kappa shape index (κ2) is 6.32. The molecule has 1 aliphatic carbocycles. The van der Waals surface area contributed by atoms with Crippen molar-refractivity contribution >= 4 is 21.4 Å². The van der Waals surface area contributed by atoms with Crippen LogP contribution in [0.1, 0.15) is 24.6 Å². The van der Waals surface area contributed by atoms with Crippen LogP contribution in [-0.2, 0) is 21.3 Å². The van der Waals surface area contributed by atoms with Gasteiger partial charge >= 0.3 is 0 Å². The maximum atomic E-state index is 12.3. The highest BCUT2D eigenvalue weighted by atomic mass is 32.2. The number of sulfonamides is 1. The van der Waals surface area contributed by atoms with E-state index in [1.807, 2.05) is 19.4 Å². The third-order valence-corrected chi connectivity index (χ3v) is 5.81. The van der Waals surface area contributed by atoms with Crippen LogP contribution in [0.3, 0.4) is 0 Å². The van der Waals surface area contributed by atoms with E-state index < -0.39 is 10.0 Å². The molecule has 0 unspecified atom stereocenters. The molecule has 1 fully saturated rings. The summed E-state index contributed by atoms with van der Waals surface area (Å²) in [5, 5.41) is 4.80. The van der Waals surface area contributed by atoms with Crippen LogP contribution in [0, 0.1) is 0 Å². The molecule has 108 valence electrons. The number of nitrogens with one attached hydrogen (secondary N) is 2. The molecule has 0 amide bonds. The van der Waals surface area contributed by atoms with E-state index >= 15 is 0 Å². The highest BCUT2D eigenvalue weighted by molar-refractivity contribution is 7.89. The summed E-state index contributed by atoms with van der Waals surface area (Å²) in [4.78, 5) is 1.24. The number of rotatable bonds is 7. The van der Waals surface area contributed by atoms with Crippen LogP contribution < -0.4 is 10.0 Å². The van der Waals surface area contributed by atoms with E-state index in [0.717, 1.165) is 17.7 Å². The van der Waals surface area contributed by atoms with Crippen molar-refractivity contribution in [3.63, 3.8) is 0 Å². The van der Waals surface area contributed by atoms with Gasteiger partial charge in [0.05, 0.1) is 11.0 Å². The standard InChI is InChI=1S/C12H20N2O3S2/c1-3-17-10-6-9(7-10)14-19(15,16)12-4-5-18-11(12)8-13-2/h4-5,9-10,13-14H,3,6-8H2,1-2H3. The highest BCUT2D eigenvalue weighted by Gasteiger charge is 2.33. The average molecular weight is 304 g/mol. The molecule has 1 heterocycles. The van der Waals surface area contributed by atoms with Crippen molar-refractivity contribution in [2.75, 3.05) is 13.7 Å². The third kappa shape index (κ3) is 3.55. The fourth-order valence-corrected chi connectivity index (χ4v) is 4.89. The molecule has 1 aromatic rings. The van der Waals surface area contributed by atoms with E-state index in [1.54, 1.807) is 6.07 Å². The van der Waals surface area contributed by atoms with E-state index in [9.17, 15) is 8.42 Å². The van der Waals surface area contributed by atoms with Gasteiger partial charge in [-0.3, -0.25) is 0 Å². The first-order valence-electron chi connectivity index (χ1n) is 6.41. The molecule has 5 nitrogen and oxygen atoms in total. The van der Waals surface area contributed by atoms with Crippen LogP contribution in [0.5, 0.6) is 0 Å². The summed E-state index contributed by atoms with van der Waals surface area (Å²) in [5.74, 6) is 0. The first-order valence-corrected chi connectivity index (χ1v) is 8.78. The second-order valence-corrected chi connectivity index (χ2v) is 7.29. The SMILES string of the molecule is CCOC1CC(NS(=O)(=O)c2ccsc2CNC)C1. The van der Waals surface area contributed by atoms with Crippen LogP contribution in [0.15, 0.2) is 16.3 Å². The highest BCUT2D eigenvalue weighted by Crippen LogP contribution is 2.27. The largest absolute Gasteiger partial charge is 0.378 e. The van der Waals surface area contributed by atoms with E-state index in [2.05, 4.69) is 10.0 Å². The van der Waals surface area contributed by atoms with Crippen LogP contribution in [0.25, 0.3) is 0 Å². The Morgan fingerprint density at radius 1 is 1.47 bits per heavy atom. The Bertz CT molecular complexity index is 507. The normalized spacial score (nSPS) is 23.3. The van der Waals surface area contributed by atoms with Crippen LogP contribution in [0.4, 0.5) is 0 Å². The average Bonchev–Trinajstić information content (AvgIpc) is 2.76. The summed E-state index contributed by atoms with van der Waals surface area (Å²) in [6, 6.07) is 1.67. The quantitative estimate of drug-likeness (QED) is 0.797. The van der Waals surface area contributed by atoms with Crippen molar-refractivity contribution in [1.29, 1.82) is 0 Å². The zero-order valence-electron chi connectivity index (χ0n) is 11.2. The predicted octanol–water partition coefficient (Wildman–Crippen LogP) is 1.31. The Morgan fingerprint density at radius 2 is 2.21 bits per heavy atom. The molecule has 2 rings (SSSR count). The Morgan fingerprint density at radius 3 is 2.84 bits per heavy atom. The zero-order valence-corrected chi connectivity index (χ0v) is 12.8. The molecular formula is C12H20N2O3S2. The summed E-state index contributed by atoms with van der Waals surface area (Å²) in [6.07, 6.45) is 1.73. The molecule has 7 heteroatoms. The van der Waals surface area contributed by atoms with Gasteiger partial charge in [-0.2, -0.15) is 0 Å². The van der Waals surface area contributed by atoms with E-state index in [4.69, 9.17) is 4.74 Å². The van der Waals surface area contributed by atoms with Crippen molar-refractivity contribution in [2.24, 2.45) is 0 Å². The van der Waals surface area contributed by atoms with Gasteiger partial charge in [-0.25, -0.2) is 13.1 Å². The molecule has 2 N–H and O–H groups in total. The molecular weight excluding hydrogens is 284 g/mol. The maximum Gasteiger partial charge on any atom is 0.241 e. The molecule has 1 saturated carbocycles. The molecule has 1 aliphatic rings. The van der Waals surface area contributed by atoms with Gasteiger partial charge in [-0.05, 0) is 38.3 Å². The molecule has 0 saturated heterocycles. The lowest BCUT2D eigenvalue weighted by molar-refractivity contribution is -0.00475. The summed E-state index contributed by atoms with van der Waals surface area (Å²) in [7, 11) is -1.60. The number of thiophene rings is 1. The van der Waals surface area contributed by atoms with Gasteiger partial charge in [0.15, 0.2) is 0 Å². The van der Waals surface area contributed by atoms with Crippen LogP contribution in [0.2, 0.25) is 0 Å². The van der Waals surface area contributed by atoms with Crippen molar-refractivity contribution in [3.8, 4) is 0 Å². The minimum absolute atomic E-state index is 0.00360. The smallest absolute Gasteiger partial charge is 0.241 e. The van der Waals surface area contributed by atoms with Gasteiger partial charge in [-0.15, -0.1) is 11.3 Å². The maximum absolute atomic E-state index is 12.3. The summed E-state index contributed by atoms with van der Waals surface area (Å²) >= 11 is 1.46. The van der Waals surface area contributed by atoms with Gasteiger partial charge in [0, 0.05) is 24.1 Å². The Hall–Kier alpha value is -0.470. The van der Waals surface area contributed by atoms with Crippen molar-refractivity contribution in [1.82, 2.24) is 10.0 Å². The lowest BCUT2D eigenvalue weighted by Gasteiger charge is -2.35. The van der Waals surface area contributed by atoms with E-state index in [0.29, 0.717) is 18.0 Å². The lowest BCUT2D eigenvalue weighted by atomic mass is 9.90. The molecule has 0 spiro atoms. The van der Waals surface area contributed by atoms with Gasteiger partial charge < -0.3 is 10.1 Å². The molecule has 0 aromatic carbocycles. The molecule has 0 bridgehead atoms. The number of hydrogen-bond donors (Lipinski definition) is 2. The first-order chi connectivity index (χ1) is 9.06. The Kier molecular flexibility index (Phi) is 4.97. The minimum atomic E-state index is -3.40. The van der Waals surface area contributed by atoms with Crippen molar-refractivity contribution < 1.29 is 13.2 Å². The predicted molar refractivity (Wildman–Crippen MR) is 75.8 cm³/mol. The molecule has 0 atom stereocenters. The monoisotopic (exact) mass is 304 g/mol. The summed E-state index contributed by atoms with van der Waals surface area (Å²) < 4.78 is 32.8. The first kappa shape index (κ1) is 14.9. The third-order valence-electron chi connectivity index (χ3n) is 3.15. The second-order valence-electron chi connectivity index (χ2n) is 4.61. The Labute approximate surface area is 118 Å². The van der Waals surface area contributed by atoms with Gasteiger partial charge in [0.2, 0.25) is 10.0 Å². The number of ether oxygens (including phenoxy) is 1. The van der Waals surface area contributed by atoms with Crippen molar-refractivity contribution in [3.05, 3.63) is 16.3 Å². The fraction of sp³-hybridized carbons (Fsp3) is 0.667. The van der Waals surface area contributed by atoms with E-state index in [1.165, 1.54) is 11.3 Å². The minimum Gasteiger partial charge on any atom is -0.378 e. The molecule has 19 heavy (non-hydrogen) atoms. The summed E-state index contributed by atoms with van der Waals surface area (Å²) in [6.45, 7) is 3.20. The number of hydrogen-bond acceptors (Lipinski definition) is 5. The van der Waals surface area contributed by atoms with Gasteiger partial charge in [0.25, 0.3) is 0 Å².